The van der Waals surface area contributed by atoms with Gasteiger partial charge in [-0.3, -0.25) is 4.68 Å². The molecule has 0 aliphatic carbocycles. The number of piperidine rings is 1. The Morgan fingerprint density at radius 1 is 1.14 bits per heavy atom. The van der Waals surface area contributed by atoms with Crippen molar-refractivity contribution in [2.75, 3.05) is 19.6 Å². The number of fused-ring (bicyclic) bond motifs is 1. The lowest BCUT2D eigenvalue weighted by molar-refractivity contribution is -0.139. The van der Waals surface area contributed by atoms with Crippen LogP contribution in [0, 0.1) is 0 Å². The zero-order chi connectivity index (χ0) is 20.4. The molecule has 0 unspecified atom stereocenters. The van der Waals surface area contributed by atoms with E-state index in [2.05, 4.69) is 10.00 Å². The largest absolute Gasteiger partial charge is 0.490 e. The number of rotatable bonds is 6. The van der Waals surface area contributed by atoms with Crippen molar-refractivity contribution >= 4 is 10.9 Å². The Hall–Kier alpha value is -2.48. The average molecular weight is 406 g/mol. The summed E-state index contributed by atoms with van der Waals surface area (Å²) in [4.78, 5) is 2.42. The number of benzene rings is 1. The number of halogens is 3. The molecule has 0 spiro atoms. The van der Waals surface area contributed by atoms with E-state index < -0.39 is 12.7 Å². The van der Waals surface area contributed by atoms with E-state index in [4.69, 9.17) is 4.74 Å². The zero-order valence-corrected chi connectivity index (χ0v) is 16.4. The molecule has 3 heterocycles. The first-order chi connectivity index (χ1) is 13.9. The number of ether oxygens (including phenoxy) is 1. The number of hydrogen-bond acceptors (Lipinski definition) is 3. The van der Waals surface area contributed by atoms with Gasteiger partial charge in [0, 0.05) is 56.6 Å². The summed E-state index contributed by atoms with van der Waals surface area (Å²) < 4.78 is 47.6. The fourth-order valence-electron chi connectivity index (χ4n) is 3.98. The van der Waals surface area contributed by atoms with Crippen molar-refractivity contribution in [1.82, 2.24) is 19.2 Å². The van der Waals surface area contributed by atoms with Crippen LogP contribution in [0.25, 0.3) is 10.9 Å². The highest BCUT2D eigenvalue weighted by Crippen LogP contribution is 2.31. The Morgan fingerprint density at radius 3 is 2.62 bits per heavy atom. The van der Waals surface area contributed by atoms with Gasteiger partial charge in [0.05, 0.1) is 5.52 Å². The van der Waals surface area contributed by atoms with Crippen LogP contribution in [0.5, 0.6) is 5.75 Å². The van der Waals surface area contributed by atoms with E-state index in [0.717, 1.165) is 44.3 Å². The Kier molecular flexibility index (Phi) is 5.54. The van der Waals surface area contributed by atoms with Gasteiger partial charge in [-0.2, -0.15) is 18.3 Å². The van der Waals surface area contributed by atoms with Gasteiger partial charge in [-0.05, 0) is 37.1 Å². The Bertz CT molecular complexity index is 954. The van der Waals surface area contributed by atoms with E-state index in [0.29, 0.717) is 11.3 Å². The molecule has 1 aliphatic heterocycles. The minimum absolute atomic E-state index is 0.0829. The molecule has 29 heavy (non-hydrogen) atoms. The Labute approximate surface area is 167 Å². The monoisotopic (exact) mass is 406 g/mol. The molecule has 156 valence electrons. The fraction of sp³-hybridized carbons (Fsp3) is 0.476. The maximum atomic E-state index is 12.8. The minimum Gasteiger partial charge on any atom is -0.490 e. The second-order valence-corrected chi connectivity index (χ2v) is 7.60. The molecule has 0 bridgehead atoms. The lowest BCUT2D eigenvalue weighted by Gasteiger charge is -2.32. The van der Waals surface area contributed by atoms with Crippen molar-refractivity contribution in [2.45, 2.75) is 38.1 Å². The van der Waals surface area contributed by atoms with Crippen molar-refractivity contribution in [3.05, 3.63) is 48.4 Å². The third-order valence-electron chi connectivity index (χ3n) is 5.56. The van der Waals surface area contributed by atoms with Crippen molar-refractivity contribution in [3.63, 3.8) is 0 Å². The molecule has 0 amide bonds. The molecule has 2 aromatic heterocycles. The van der Waals surface area contributed by atoms with Gasteiger partial charge in [0.1, 0.15) is 18.4 Å². The van der Waals surface area contributed by atoms with Gasteiger partial charge in [-0.25, -0.2) is 0 Å². The second-order valence-electron chi connectivity index (χ2n) is 7.60. The molecule has 0 saturated carbocycles. The first-order valence-electron chi connectivity index (χ1n) is 9.89. The molecule has 1 saturated heterocycles. The number of likely N-dealkylation sites (tertiary alicyclic amines) is 1. The maximum absolute atomic E-state index is 12.8. The first kappa shape index (κ1) is 19.8. The molecule has 3 aromatic rings. The summed E-state index contributed by atoms with van der Waals surface area (Å²) in [5.74, 6) is 0.664. The summed E-state index contributed by atoms with van der Waals surface area (Å²) in [5, 5.41) is 4.93. The van der Waals surface area contributed by atoms with Crippen LogP contribution in [0.15, 0.2) is 42.7 Å². The highest BCUT2D eigenvalue weighted by atomic mass is 19.4. The van der Waals surface area contributed by atoms with E-state index in [1.165, 1.54) is 16.5 Å². The lowest BCUT2D eigenvalue weighted by Crippen LogP contribution is -2.39. The second kappa shape index (κ2) is 8.10. The molecule has 5 nitrogen and oxygen atoms in total. The Balaban J connectivity index is 1.34. The van der Waals surface area contributed by atoms with E-state index in [1.807, 2.05) is 30.1 Å². The van der Waals surface area contributed by atoms with E-state index in [-0.39, 0.29) is 6.10 Å². The number of aromatic nitrogens is 3. The van der Waals surface area contributed by atoms with Crippen LogP contribution >= 0.6 is 0 Å². The van der Waals surface area contributed by atoms with Gasteiger partial charge in [0.25, 0.3) is 0 Å². The zero-order valence-electron chi connectivity index (χ0n) is 16.4. The number of hydrogen-bond donors (Lipinski definition) is 0. The van der Waals surface area contributed by atoms with Crippen molar-refractivity contribution in [1.29, 1.82) is 0 Å². The van der Waals surface area contributed by atoms with Crippen LogP contribution in [0.2, 0.25) is 0 Å². The predicted octanol–water partition coefficient (Wildman–Crippen LogP) is 4.02. The maximum Gasteiger partial charge on any atom is 0.406 e. The highest BCUT2D eigenvalue weighted by Gasteiger charge is 2.28. The summed E-state index contributed by atoms with van der Waals surface area (Å²) in [6, 6.07) is 9.05. The van der Waals surface area contributed by atoms with Gasteiger partial charge < -0.3 is 14.2 Å². The summed E-state index contributed by atoms with van der Waals surface area (Å²) in [7, 11) is 1.96. The third kappa shape index (κ3) is 4.75. The summed E-state index contributed by atoms with van der Waals surface area (Å²) in [6.07, 6.45) is 1.92. The van der Waals surface area contributed by atoms with E-state index in [9.17, 15) is 13.2 Å². The predicted molar refractivity (Wildman–Crippen MR) is 105 cm³/mol. The van der Waals surface area contributed by atoms with Crippen LogP contribution in [-0.4, -0.2) is 51.2 Å². The average Bonchev–Trinajstić information content (AvgIpc) is 3.27. The minimum atomic E-state index is -4.24. The van der Waals surface area contributed by atoms with Gasteiger partial charge in [0.2, 0.25) is 0 Å². The van der Waals surface area contributed by atoms with E-state index >= 15 is 0 Å². The fourth-order valence-corrected chi connectivity index (χ4v) is 3.98. The lowest BCUT2D eigenvalue weighted by atomic mass is 10.1. The normalized spacial score (nSPS) is 16.6. The molecule has 4 rings (SSSR count). The van der Waals surface area contributed by atoms with Crippen LogP contribution in [-0.2, 0) is 20.0 Å². The molecule has 0 radical (unpaired) electrons. The van der Waals surface area contributed by atoms with Crippen molar-refractivity contribution in [3.8, 4) is 5.75 Å². The SMILES string of the molecule is Cn1nccc1CCN1CCC(Oc2cccc3c2ccn3CC(F)(F)F)CC1. The number of alkyl halides is 3. The highest BCUT2D eigenvalue weighted by molar-refractivity contribution is 5.86. The summed E-state index contributed by atoms with van der Waals surface area (Å²) in [5.41, 5.74) is 1.77. The van der Waals surface area contributed by atoms with E-state index in [1.54, 1.807) is 18.2 Å². The topological polar surface area (TPSA) is 35.2 Å². The standard InChI is InChI=1S/C21H25F3N4O/c1-26-16(5-10-25-26)6-11-27-12-7-17(8-13-27)29-20-4-2-3-19-18(20)9-14-28(19)15-21(22,23)24/h2-5,9-10,14,17H,6-8,11-13,15H2,1H3. The molecular weight excluding hydrogens is 381 g/mol. The van der Waals surface area contributed by atoms with Gasteiger partial charge in [-0.15, -0.1) is 0 Å². The van der Waals surface area contributed by atoms with Crippen molar-refractivity contribution in [2.24, 2.45) is 7.05 Å². The molecule has 0 N–H and O–H groups in total. The van der Waals surface area contributed by atoms with Gasteiger partial charge in [-0.1, -0.05) is 6.07 Å². The third-order valence-corrected chi connectivity index (χ3v) is 5.56. The molecule has 1 aliphatic rings. The van der Waals surface area contributed by atoms with Crippen LogP contribution in [0.3, 0.4) is 0 Å². The van der Waals surface area contributed by atoms with Crippen LogP contribution in [0.1, 0.15) is 18.5 Å². The number of aryl methyl sites for hydroxylation is 1. The Morgan fingerprint density at radius 2 is 1.93 bits per heavy atom. The summed E-state index contributed by atoms with van der Waals surface area (Å²) in [6.45, 7) is 1.90. The number of nitrogens with zero attached hydrogens (tertiary/aromatic N) is 4. The first-order valence-corrected chi connectivity index (χ1v) is 9.89. The summed E-state index contributed by atoms with van der Waals surface area (Å²) >= 11 is 0. The van der Waals surface area contributed by atoms with Crippen LogP contribution < -0.4 is 4.74 Å². The van der Waals surface area contributed by atoms with Crippen LogP contribution in [0.4, 0.5) is 13.2 Å². The smallest absolute Gasteiger partial charge is 0.406 e. The van der Waals surface area contributed by atoms with Gasteiger partial charge >= 0.3 is 6.18 Å². The molecule has 1 fully saturated rings. The molecule has 0 atom stereocenters. The van der Waals surface area contributed by atoms with Crippen molar-refractivity contribution < 1.29 is 17.9 Å². The quantitative estimate of drug-likeness (QED) is 0.620. The molecule has 1 aromatic carbocycles. The van der Waals surface area contributed by atoms with Gasteiger partial charge in [0.15, 0.2) is 0 Å². The molecular formula is C21H25F3N4O. The molecule has 8 heteroatoms.